The molecule has 22 heavy (non-hydrogen) atoms. The van der Waals surface area contributed by atoms with E-state index in [9.17, 15) is 9.59 Å². The summed E-state index contributed by atoms with van der Waals surface area (Å²) in [5.74, 6) is 2.35. The molecule has 1 aromatic rings. The minimum atomic E-state index is -0.650. The highest BCUT2D eigenvalue weighted by atomic mass is 35.5. The minimum absolute atomic E-state index is 0.0307. The van der Waals surface area contributed by atoms with Crippen LogP contribution in [0.4, 0.5) is 0 Å². The van der Waals surface area contributed by atoms with Gasteiger partial charge < -0.3 is 10.2 Å². The molecule has 1 aliphatic heterocycles. The summed E-state index contributed by atoms with van der Waals surface area (Å²) < 4.78 is 0. The van der Waals surface area contributed by atoms with E-state index in [1.807, 2.05) is 6.07 Å². The lowest BCUT2D eigenvalue weighted by molar-refractivity contribution is -0.143. The molecule has 0 radical (unpaired) electrons. The Hall–Kier alpha value is -1.99. The minimum Gasteiger partial charge on any atom is -0.352 e. The topological polar surface area (TPSA) is 49.4 Å². The first-order valence-corrected chi connectivity index (χ1v) is 7.78. The van der Waals surface area contributed by atoms with E-state index in [4.69, 9.17) is 18.0 Å². The van der Waals surface area contributed by atoms with Gasteiger partial charge in [-0.2, -0.15) is 0 Å². The summed E-state index contributed by atoms with van der Waals surface area (Å²) in [5, 5.41) is 3.30. The van der Waals surface area contributed by atoms with E-state index in [-0.39, 0.29) is 11.8 Å². The van der Waals surface area contributed by atoms with Crippen LogP contribution in [0.15, 0.2) is 24.3 Å². The Bertz CT molecular complexity index is 595. The highest BCUT2D eigenvalue weighted by Crippen LogP contribution is 2.29. The van der Waals surface area contributed by atoms with Crippen LogP contribution in [0, 0.1) is 12.3 Å². The maximum Gasteiger partial charge on any atom is 0.247 e. The average Bonchev–Trinajstić information content (AvgIpc) is 2.52. The van der Waals surface area contributed by atoms with Crippen molar-refractivity contribution in [3.05, 3.63) is 34.9 Å². The monoisotopic (exact) mass is 318 g/mol. The molecule has 1 saturated heterocycles. The molecule has 2 amide bonds. The number of halogens is 1. The molecule has 4 nitrogen and oxygen atoms in total. The predicted octanol–water partition coefficient (Wildman–Crippen LogP) is 2.53. The Labute approximate surface area is 135 Å². The second kappa shape index (κ2) is 7.86. The van der Waals surface area contributed by atoms with Crippen LogP contribution >= 0.6 is 11.6 Å². The molecule has 116 valence electrons. The third kappa shape index (κ3) is 3.80. The van der Waals surface area contributed by atoms with Crippen molar-refractivity contribution in [2.45, 2.75) is 31.7 Å². The van der Waals surface area contributed by atoms with Gasteiger partial charge in [-0.3, -0.25) is 9.59 Å². The van der Waals surface area contributed by atoms with Crippen molar-refractivity contribution in [3.63, 3.8) is 0 Å². The highest BCUT2D eigenvalue weighted by molar-refractivity contribution is 6.31. The predicted molar refractivity (Wildman–Crippen MR) is 86.2 cm³/mol. The van der Waals surface area contributed by atoms with Crippen molar-refractivity contribution in [1.82, 2.24) is 10.2 Å². The molecule has 2 rings (SSSR count). The second-order valence-electron chi connectivity index (χ2n) is 5.21. The molecule has 0 unspecified atom stereocenters. The third-order valence-electron chi connectivity index (χ3n) is 3.69. The Morgan fingerprint density at radius 3 is 2.91 bits per heavy atom. The summed E-state index contributed by atoms with van der Waals surface area (Å²) in [7, 11) is 0. The zero-order valence-electron chi connectivity index (χ0n) is 12.3. The molecule has 0 aliphatic carbocycles. The van der Waals surface area contributed by atoms with E-state index in [1.165, 1.54) is 0 Å². The lowest BCUT2D eigenvalue weighted by Gasteiger charge is -2.35. The molecule has 1 fully saturated rings. The number of rotatable bonds is 5. The molecule has 0 bridgehead atoms. The Balaban J connectivity index is 2.14. The van der Waals surface area contributed by atoms with Crippen molar-refractivity contribution in [1.29, 1.82) is 0 Å². The number of piperazine rings is 1. The van der Waals surface area contributed by atoms with Gasteiger partial charge in [0.25, 0.3) is 0 Å². The van der Waals surface area contributed by atoms with Gasteiger partial charge in [0.2, 0.25) is 11.8 Å². The van der Waals surface area contributed by atoms with Gasteiger partial charge in [-0.05, 0) is 18.9 Å². The van der Waals surface area contributed by atoms with Crippen LogP contribution < -0.4 is 5.32 Å². The van der Waals surface area contributed by atoms with Gasteiger partial charge in [0, 0.05) is 36.5 Å². The molecule has 1 heterocycles. The number of carbonyl (C=O) groups excluding carboxylic acids is 2. The van der Waals surface area contributed by atoms with E-state index >= 15 is 0 Å². The molecule has 1 N–H and O–H groups in total. The number of nitrogens with one attached hydrogen (secondary N) is 1. The molecule has 0 saturated carbocycles. The number of unbranched alkanes of at least 4 members (excludes halogenated alkanes) is 2. The van der Waals surface area contributed by atoms with E-state index in [1.54, 1.807) is 23.1 Å². The van der Waals surface area contributed by atoms with E-state index in [0.29, 0.717) is 36.5 Å². The van der Waals surface area contributed by atoms with Gasteiger partial charge in [-0.15, -0.1) is 12.3 Å². The van der Waals surface area contributed by atoms with Gasteiger partial charge in [0.05, 0.1) is 0 Å². The van der Waals surface area contributed by atoms with Gasteiger partial charge in [-0.1, -0.05) is 29.8 Å². The van der Waals surface area contributed by atoms with Crippen molar-refractivity contribution in [2.24, 2.45) is 0 Å². The average molecular weight is 319 g/mol. The number of amides is 2. The summed E-state index contributed by atoms with van der Waals surface area (Å²) in [6, 6.07) is 6.49. The summed E-state index contributed by atoms with van der Waals surface area (Å²) in [6.07, 6.45) is 7.83. The molecule has 0 aromatic heterocycles. The van der Waals surface area contributed by atoms with Crippen molar-refractivity contribution in [2.75, 3.05) is 13.1 Å². The number of nitrogens with zero attached hydrogens (tertiary/aromatic N) is 1. The molecule has 1 aliphatic rings. The van der Waals surface area contributed by atoms with Crippen LogP contribution in [0.3, 0.4) is 0 Å². The Kier molecular flexibility index (Phi) is 5.85. The van der Waals surface area contributed by atoms with E-state index in [2.05, 4.69) is 11.2 Å². The summed E-state index contributed by atoms with van der Waals surface area (Å²) in [4.78, 5) is 26.3. The summed E-state index contributed by atoms with van der Waals surface area (Å²) >= 11 is 6.20. The number of terminal acetylenes is 1. The molecular formula is C17H19ClN2O2. The standard InChI is InChI=1S/C17H19ClN2O2/c1-2-3-4-5-10-15(21)20-12-11-19-17(22)16(20)13-8-6-7-9-14(13)18/h1,6-9,16H,3-5,10-12H2,(H,19,22)/t16-/m1/s1. The quantitative estimate of drug-likeness (QED) is 0.670. The molecule has 5 heteroatoms. The highest BCUT2D eigenvalue weighted by Gasteiger charge is 2.34. The first-order valence-electron chi connectivity index (χ1n) is 7.40. The van der Waals surface area contributed by atoms with Crippen LogP contribution in [-0.2, 0) is 9.59 Å². The number of carbonyl (C=O) groups is 2. The van der Waals surface area contributed by atoms with Crippen LogP contribution in [0.25, 0.3) is 0 Å². The zero-order chi connectivity index (χ0) is 15.9. The molecular weight excluding hydrogens is 300 g/mol. The van der Waals surface area contributed by atoms with Crippen molar-refractivity contribution < 1.29 is 9.59 Å². The zero-order valence-corrected chi connectivity index (χ0v) is 13.1. The van der Waals surface area contributed by atoms with Gasteiger partial charge in [0.1, 0.15) is 6.04 Å². The summed E-state index contributed by atoms with van der Waals surface area (Å²) in [5.41, 5.74) is 0.665. The van der Waals surface area contributed by atoms with Crippen LogP contribution in [0.2, 0.25) is 5.02 Å². The fourth-order valence-electron chi connectivity index (χ4n) is 2.59. The number of hydrogen-bond donors (Lipinski definition) is 1. The van der Waals surface area contributed by atoms with Gasteiger partial charge >= 0.3 is 0 Å². The van der Waals surface area contributed by atoms with E-state index < -0.39 is 6.04 Å². The fourth-order valence-corrected chi connectivity index (χ4v) is 2.83. The Morgan fingerprint density at radius 1 is 1.41 bits per heavy atom. The van der Waals surface area contributed by atoms with Crippen molar-refractivity contribution >= 4 is 23.4 Å². The van der Waals surface area contributed by atoms with Crippen LogP contribution in [-0.4, -0.2) is 29.8 Å². The third-order valence-corrected chi connectivity index (χ3v) is 4.04. The largest absolute Gasteiger partial charge is 0.352 e. The van der Waals surface area contributed by atoms with Crippen LogP contribution in [0.1, 0.15) is 37.3 Å². The molecule has 0 spiro atoms. The van der Waals surface area contributed by atoms with Gasteiger partial charge in [-0.25, -0.2) is 0 Å². The first-order chi connectivity index (χ1) is 10.6. The SMILES string of the molecule is C#CCCCCC(=O)N1CCNC(=O)[C@H]1c1ccccc1Cl. The number of benzene rings is 1. The number of hydrogen-bond acceptors (Lipinski definition) is 2. The normalized spacial score (nSPS) is 17.7. The maximum atomic E-state index is 12.5. The lowest BCUT2D eigenvalue weighted by atomic mass is 10.0. The Morgan fingerprint density at radius 2 is 2.18 bits per heavy atom. The molecule has 1 aromatic carbocycles. The van der Waals surface area contributed by atoms with Gasteiger partial charge in [0.15, 0.2) is 0 Å². The van der Waals surface area contributed by atoms with Crippen LogP contribution in [0.5, 0.6) is 0 Å². The lowest BCUT2D eigenvalue weighted by Crippen LogP contribution is -2.52. The summed E-state index contributed by atoms with van der Waals surface area (Å²) in [6.45, 7) is 0.964. The van der Waals surface area contributed by atoms with E-state index in [0.717, 1.165) is 12.8 Å². The first kappa shape index (κ1) is 16.4. The second-order valence-corrected chi connectivity index (χ2v) is 5.62. The molecule has 1 atom stereocenters. The van der Waals surface area contributed by atoms with Crippen molar-refractivity contribution in [3.8, 4) is 12.3 Å². The fraction of sp³-hybridized carbons (Fsp3) is 0.412. The smallest absolute Gasteiger partial charge is 0.247 e. The maximum absolute atomic E-state index is 12.5.